The Labute approximate surface area is 200 Å². The number of halogens is 3. The van der Waals surface area contributed by atoms with E-state index in [-0.39, 0.29) is 17.8 Å². The van der Waals surface area contributed by atoms with Crippen LogP contribution in [0.1, 0.15) is 6.42 Å². The molecule has 178 valence electrons. The van der Waals surface area contributed by atoms with Crippen molar-refractivity contribution < 1.29 is 22.6 Å². The zero-order valence-electron chi connectivity index (χ0n) is 18.5. The van der Waals surface area contributed by atoms with Crippen LogP contribution in [0.4, 0.5) is 24.5 Å². The maximum absolute atomic E-state index is 12.4. The average Bonchev–Trinajstić information content (AvgIpc) is 2.80. The normalized spacial score (nSPS) is 20.3. The Hall–Kier alpha value is -2.88. The van der Waals surface area contributed by atoms with Gasteiger partial charge in [-0.1, -0.05) is 24.3 Å². The molecule has 5 rings (SSSR count). The molecule has 2 aliphatic rings. The van der Waals surface area contributed by atoms with Crippen LogP contribution in [0.3, 0.4) is 0 Å². The van der Waals surface area contributed by atoms with Gasteiger partial charge in [-0.05, 0) is 73.9 Å². The summed E-state index contributed by atoms with van der Waals surface area (Å²) < 4.78 is 50.8. The van der Waals surface area contributed by atoms with Gasteiger partial charge in [0.2, 0.25) is 0 Å². The van der Waals surface area contributed by atoms with Gasteiger partial charge < -0.3 is 19.3 Å². The number of anilines is 2. The number of nitrogens with zero attached hydrogens (tertiary/aromatic N) is 2. The van der Waals surface area contributed by atoms with Gasteiger partial charge in [-0.25, -0.2) is 0 Å². The monoisotopic (exact) mass is 487 g/mol. The van der Waals surface area contributed by atoms with Gasteiger partial charge in [0.25, 0.3) is 0 Å². The lowest BCUT2D eigenvalue weighted by atomic mass is 9.98. The Bertz CT molecular complexity index is 1100. The molecule has 2 atom stereocenters. The lowest BCUT2D eigenvalue weighted by molar-refractivity contribution is -0.274. The maximum Gasteiger partial charge on any atom is 0.573 e. The number of alkyl halides is 3. The van der Waals surface area contributed by atoms with Crippen molar-refractivity contribution in [1.82, 2.24) is 9.62 Å². The zero-order valence-corrected chi connectivity index (χ0v) is 19.3. The van der Waals surface area contributed by atoms with Crippen LogP contribution in [0, 0.1) is 0 Å². The second-order valence-electron chi connectivity index (χ2n) is 8.45. The predicted molar refractivity (Wildman–Crippen MR) is 127 cm³/mol. The molecular weight excluding hydrogens is 463 g/mol. The molecular formula is C25H24F3N3O2S. The first-order valence-electron chi connectivity index (χ1n) is 11.0. The highest BCUT2D eigenvalue weighted by Gasteiger charge is 2.35. The van der Waals surface area contributed by atoms with Crippen molar-refractivity contribution in [3.8, 4) is 17.2 Å². The highest BCUT2D eigenvalue weighted by molar-refractivity contribution is 7.97. The summed E-state index contributed by atoms with van der Waals surface area (Å²) >= 11 is 1.42. The van der Waals surface area contributed by atoms with E-state index in [1.807, 2.05) is 36.4 Å². The van der Waals surface area contributed by atoms with Gasteiger partial charge in [0.15, 0.2) is 11.5 Å². The molecule has 0 amide bonds. The van der Waals surface area contributed by atoms with Crippen LogP contribution in [-0.4, -0.2) is 43.5 Å². The van der Waals surface area contributed by atoms with Crippen LogP contribution in [0.2, 0.25) is 0 Å². The Balaban J connectivity index is 1.30. The first-order chi connectivity index (χ1) is 16.4. The molecule has 34 heavy (non-hydrogen) atoms. The highest BCUT2D eigenvalue weighted by atomic mass is 32.2. The fourth-order valence-corrected chi connectivity index (χ4v) is 5.29. The van der Waals surface area contributed by atoms with Crippen LogP contribution in [0.5, 0.6) is 17.2 Å². The molecule has 0 bridgehead atoms. The smallest absolute Gasteiger partial charge is 0.453 e. The number of hydrogen-bond acceptors (Lipinski definition) is 6. The van der Waals surface area contributed by atoms with E-state index in [1.54, 1.807) is 12.1 Å². The van der Waals surface area contributed by atoms with E-state index in [4.69, 9.17) is 4.74 Å². The van der Waals surface area contributed by atoms with Gasteiger partial charge in [0, 0.05) is 30.1 Å². The number of piperidine rings is 1. The Kier molecular flexibility index (Phi) is 6.33. The third-order valence-corrected chi connectivity index (χ3v) is 6.81. The molecule has 0 spiro atoms. The van der Waals surface area contributed by atoms with Gasteiger partial charge in [-0.3, -0.25) is 4.72 Å². The SMILES string of the molecule is CN1CC(NSc2ccc(OC(F)(F)F)cc2)CC(N2c3ccccc3Oc3ccccc32)C1. The minimum Gasteiger partial charge on any atom is -0.453 e. The second-order valence-corrected chi connectivity index (χ2v) is 9.37. The van der Waals surface area contributed by atoms with Gasteiger partial charge in [-0.15, -0.1) is 13.2 Å². The number of fused-ring (bicyclic) bond motifs is 2. The molecule has 2 aliphatic heterocycles. The van der Waals surface area contributed by atoms with Crippen molar-refractivity contribution in [1.29, 1.82) is 0 Å². The van der Waals surface area contributed by atoms with E-state index in [1.165, 1.54) is 24.1 Å². The number of benzene rings is 3. The molecule has 0 aromatic heterocycles. The standard InChI is InChI=1S/C25H24F3N3O2S/c1-30-15-17(29-34-20-12-10-19(11-13-20)33-25(26,27)28)14-18(16-30)31-21-6-2-4-8-23(21)32-24-9-5-3-7-22(24)31/h2-13,17-18,29H,14-16H2,1H3. The quantitative estimate of drug-likeness (QED) is 0.432. The highest BCUT2D eigenvalue weighted by Crippen LogP contribution is 2.48. The molecule has 1 saturated heterocycles. The summed E-state index contributed by atoms with van der Waals surface area (Å²) in [6.07, 6.45) is -3.79. The van der Waals surface area contributed by atoms with Crippen LogP contribution < -0.4 is 19.1 Å². The minimum absolute atomic E-state index is 0.182. The largest absolute Gasteiger partial charge is 0.573 e. The number of nitrogens with one attached hydrogen (secondary N) is 1. The summed E-state index contributed by atoms with van der Waals surface area (Å²) in [5, 5.41) is 0. The van der Waals surface area contributed by atoms with Crippen molar-refractivity contribution in [3.05, 3.63) is 72.8 Å². The fraction of sp³-hybridized carbons (Fsp3) is 0.280. The third-order valence-electron chi connectivity index (χ3n) is 5.85. The molecule has 1 fully saturated rings. The number of likely N-dealkylation sites (N-methyl/N-ethyl adjacent to an activating group) is 1. The van der Waals surface area contributed by atoms with Crippen LogP contribution in [0.15, 0.2) is 77.7 Å². The molecule has 0 aliphatic carbocycles. The van der Waals surface area contributed by atoms with E-state index in [0.717, 1.165) is 47.3 Å². The second kappa shape index (κ2) is 9.40. The Morgan fingerprint density at radius 2 is 1.53 bits per heavy atom. The molecule has 2 unspecified atom stereocenters. The molecule has 0 radical (unpaired) electrons. The van der Waals surface area contributed by atoms with Crippen molar-refractivity contribution in [2.75, 3.05) is 25.0 Å². The zero-order chi connectivity index (χ0) is 23.7. The molecule has 3 aromatic carbocycles. The van der Waals surface area contributed by atoms with Gasteiger partial charge in [0.1, 0.15) is 5.75 Å². The van der Waals surface area contributed by atoms with Gasteiger partial charge >= 0.3 is 6.36 Å². The van der Waals surface area contributed by atoms with Crippen molar-refractivity contribution in [3.63, 3.8) is 0 Å². The first kappa shape index (κ1) is 22.9. The summed E-state index contributed by atoms with van der Waals surface area (Å²) in [4.78, 5) is 5.49. The lowest BCUT2D eigenvalue weighted by Crippen LogP contribution is -2.53. The first-order valence-corrected chi connectivity index (χ1v) is 11.8. The van der Waals surface area contributed by atoms with Gasteiger partial charge in [-0.2, -0.15) is 0 Å². The summed E-state index contributed by atoms with van der Waals surface area (Å²) in [5.74, 6) is 1.46. The molecule has 3 aromatic rings. The van der Waals surface area contributed by atoms with Crippen molar-refractivity contribution in [2.45, 2.75) is 29.8 Å². The summed E-state index contributed by atoms with van der Waals surface area (Å²) in [7, 11) is 2.10. The van der Waals surface area contributed by atoms with E-state index in [0.29, 0.717) is 0 Å². The minimum atomic E-state index is -4.69. The average molecular weight is 488 g/mol. The summed E-state index contributed by atoms with van der Waals surface area (Å²) in [5.41, 5.74) is 2.10. The van der Waals surface area contributed by atoms with Crippen LogP contribution in [0.25, 0.3) is 0 Å². The Morgan fingerprint density at radius 1 is 0.912 bits per heavy atom. The van der Waals surface area contributed by atoms with Crippen molar-refractivity contribution in [2.24, 2.45) is 0 Å². The lowest BCUT2D eigenvalue weighted by Gasteiger charge is -2.44. The Morgan fingerprint density at radius 3 is 2.15 bits per heavy atom. The number of para-hydroxylation sites is 4. The van der Waals surface area contributed by atoms with E-state index in [2.05, 4.69) is 38.4 Å². The number of likely N-dealkylation sites (tertiary alicyclic amines) is 1. The fourth-order valence-electron chi connectivity index (χ4n) is 4.55. The van der Waals surface area contributed by atoms with E-state index < -0.39 is 6.36 Å². The summed E-state index contributed by atoms with van der Waals surface area (Å²) in [6.45, 7) is 1.77. The van der Waals surface area contributed by atoms with Gasteiger partial charge in [0.05, 0.1) is 11.4 Å². The molecule has 5 nitrogen and oxygen atoms in total. The summed E-state index contributed by atoms with van der Waals surface area (Å²) in [6, 6.07) is 22.4. The molecule has 1 N–H and O–H groups in total. The van der Waals surface area contributed by atoms with E-state index >= 15 is 0 Å². The number of rotatable bonds is 5. The molecule has 0 saturated carbocycles. The third kappa shape index (κ3) is 5.11. The predicted octanol–water partition coefficient (Wildman–Crippen LogP) is 6.20. The molecule has 2 heterocycles. The molecule has 9 heteroatoms. The van der Waals surface area contributed by atoms with Crippen LogP contribution >= 0.6 is 11.9 Å². The topological polar surface area (TPSA) is 37.0 Å². The number of ether oxygens (including phenoxy) is 2. The maximum atomic E-state index is 12.4. The van der Waals surface area contributed by atoms with E-state index in [9.17, 15) is 13.2 Å². The van der Waals surface area contributed by atoms with Crippen LogP contribution in [-0.2, 0) is 0 Å². The van der Waals surface area contributed by atoms with Crippen molar-refractivity contribution >= 4 is 23.3 Å². The number of hydrogen-bond donors (Lipinski definition) is 1.